The highest BCUT2D eigenvalue weighted by Gasteiger charge is 2.29. The second-order valence-corrected chi connectivity index (χ2v) is 7.50. The van der Waals surface area contributed by atoms with E-state index in [-0.39, 0.29) is 0 Å². The summed E-state index contributed by atoms with van der Waals surface area (Å²) in [6.07, 6.45) is 9.53. The van der Waals surface area contributed by atoms with E-state index in [9.17, 15) is 0 Å². The monoisotopic (exact) mass is 344 g/mol. The Labute approximate surface area is 129 Å². The summed E-state index contributed by atoms with van der Waals surface area (Å²) in [4.78, 5) is 1.36. The first-order chi connectivity index (χ1) is 9.26. The molecule has 0 spiro atoms. The zero-order chi connectivity index (χ0) is 13.7. The molecule has 4 heteroatoms. The molecule has 1 heterocycles. The molecule has 0 aliphatic heterocycles. The predicted molar refractivity (Wildman–Crippen MR) is 87.1 cm³/mol. The van der Waals surface area contributed by atoms with Crippen molar-refractivity contribution in [1.82, 2.24) is 5.43 Å². The lowest BCUT2D eigenvalue weighted by atomic mass is 9.76. The Balaban J connectivity index is 1.90. The Bertz CT molecular complexity index is 372. The highest BCUT2D eigenvalue weighted by Crippen LogP contribution is 2.41. The Morgan fingerprint density at radius 1 is 1.42 bits per heavy atom. The fraction of sp³-hybridized carbons (Fsp3) is 0.733. The quantitative estimate of drug-likeness (QED) is 0.562. The van der Waals surface area contributed by atoms with E-state index in [1.807, 2.05) is 0 Å². The van der Waals surface area contributed by atoms with Crippen LogP contribution in [-0.2, 0) is 0 Å². The summed E-state index contributed by atoms with van der Waals surface area (Å²) < 4.78 is 1.20. The van der Waals surface area contributed by atoms with Crippen molar-refractivity contribution in [3.63, 3.8) is 0 Å². The minimum absolute atomic E-state index is 0.321. The van der Waals surface area contributed by atoms with Crippen LogP contribution in [0.25, 0.3) is 0 Å². The fourth-order valence-electron chi connectivity index (χ4n) is 3.26. The number of hydrazine groups is 1. The van der Waals surface area contributed by atoms with Gasteiger partial charge in [0.1, 0.15) is 0 Å². The average molecular weight is 345 g/mol. The summed E-state index contributed by atoms with van der Waals surface area (Å²) in [5, 5.41) is 2.14. The van der Waals surface area contributed by atoms with Crippen LogP contribution in [0.2, 0.25) is 0 Å². The number of hydrogen-bond acceptors (Lipinski definition) is 3. The lowest BCUT2D eigenvalue weighted by molar-refractivity contribution is 0.215. The van der Waals surface area contributed by atoms with E-state index in [1.54, 1.807) is 11.3 Å². The highest BCUT2D eigenvalue weighted by atomic mass is 79.9. The first-order valence-corrected chi connectivity index (χ1v) is 9.12. The van der Waals surface area contributed by atoms with Crippen LogP contribution < -0.4 is 11.3 Å². The first kappa shape index (κ1) is 15.5. The van der Waals surface area contributed by atoms with Gasteiger partial charge in [-0.1, -0.05) is 39.0 Å². The molecule has 1 aliphatic rings. The molecule has 1 atom stereocenters. The second-order valence-electron chi connectivity index (χ2n) is 5.70. The number of rotatable bonds is 6. The Morgan fingerprint density at radius 3 is 2.68 bits per heavy atom. The van der Waals surface area contributed by atoms with E-state index in [1.165, 1.54) is 54.3 Å². The van der Waals surface area contributed by atoms with Gasteiger partial charge in [0.25, 0.3) is 0 Å². The van der Waals surface area contributed by atoms with Gasteiger partial charge in [0.05, 0.1) is 6.04 Å². The van der Waals surface area contributed by atoms with Crippen molar-refractivity contribution >= 4 is 27.3 Å². The van der Waals surface area contributed by atoms with Gasteiger partial charge in [-0.05, 0) is 52.1 Å². The maximum atomic E-state index is 5.81. The Morgan fingerprint density at radius 2 is 2.16 bits per heavy atom. The molecule has 0 bridgehead atoms. The summed E-state index contributed by atoms with van der Waals surface area (Å²) in [6.45, 7) is 2.29. The maximum absolute atomic E-state index is 5.81. The fourth-order valence-corrected chi connectivity index (χ4v) is 5.03. The number of nitrogens with one attached hydrogen (secondary N) is 1. The zero-order valence-corrected chi connectivity index (χ0v) is 14.1. The number of hydrogen-bond donors (Lipinski definition) is 2. The van der Waals surface area contributed by atoms with Gasteiger partial charge >= 0.3 is 0 Å². The molecule has 1 fully saturated rings. The van der Waals surface area contributed by atoms with Crippen LogP contribution in [0.4, 0.5) is 0 Å². The van der Waals surface area contributed by atoms with Crippen molar-refractivity contribution in [2.75, 3.05) is 0 Å². The molecule has 1 aliphatic carbocycles. The van der Waals surface area contributed by atoms with Crippen molar-refractivity contribution in [2.45, 2.75) is 57.9 Å². The molecular weight excluding hydrogens is 320 g/mol. The van der Waals surface area contributed by atoms with E-state index in [0.29, 0.717) is 12.0 Å². The van der Waals surface area contributed by atoms with Gasteiger partial charge in [0.2, 0.25) is 0 Å². The Kier molecular flexibility index (Phi) is 6.33. The summed E-state index contributed by atoms with van der Waals surface area (Å²) in [6, 6.07) is 2.44. The third-order valence-corrected chi connectivity index (χ3v) is 6.39. The summed E-state index contributed by atoms with van der Waals surface area (Å²) in [5.41, 5.74) is 3.05. The van der Waals surface area contributed by atoms with E-state index >= 15 is 0 Å². The zero-order valence-electron chi connectivity index (χ0n) is 11.7. The average Bonchev–Trinajstić information content (AvgIpc) is 2.85. The molecule has 2 rings (SSSR count). The number of halogens is 1. The molecule has 2 nitrogen and oxygen atoms in total. The van der Waals surface area contributed by atoms with Crippen LogP contribution in [0.1, 0.15) is 62.8 Å². The molecular formula is C15H25BrN2S. The minimum atomic E-state index is 0.321. The molecule has 1 aromatic rings. The molecule has 0 aromatic carbocycles. The van der Waals surface area contributed by atoms with Crippen molar-refractivity contribution in [2.24, 2.45) is 17.7 Å². The van der Waals surface area contributed by atoms with Gasteiger partial charge in [-0.2, -0.15) is 0 Å². The summed E-state index contributed by atoms with van der Waals surface area (Å²) >= 11 is 5.44. The standard InChI is InChI=1S/C15H25BrN2S/c1-2-3-4-11-5-7-12(8-6-11)14(18-17)15-13(16)9-10-19-15/h9-12,14,18H,2-8,17H2,1H3. The van der Waals surface area contributed by atoms with Crippen LogP contribution in [0, 0.1) is 11.8 Å². The van der Waals surface area contributed by atoms with Gasteiger partial charge in [-0.3, -0.25) is 11.3 Å². The molecule has 1 aromatic heterocycles. The third-order valence-electron chi connectivity index (χ3n) is 4.44. The molecule has 19 heavy (non-hydrogen) atoms. The van der Waals surface area contributed by atoms with E-state index < -0.39 is 0 Å². The minimum Gasteiger partial charge on any atom is -0.271 e. The van der Waals surface area contributed by atoms with Crippen molar-refractivity contribution in [1.29, 1.82) is 0 Å². The van der Waals surface area contributed by atoms with Gasteiger partial charge in [-0.15, -0.1) is 11.3 Å². The molecule has 1 unspecified atom stereocenters. The normalized spacial score (nSPS) is 25.4. The van der Waals surface area contributed by atoms with Crippen molar-refractivity contribution < 1.29 is 0 Å². The largest absolute Gasteiger partial charge is 0.271 e. The number of unbranched alkanes of at least 4 members (excludes halogenated alkanes) is 1. The molecule has 3 N–H and O–H groups in total. The smallest absolute Gasteiger partial charge is 0.0592 e. The van der Waals surface area contributed by atoms with E-state index in [4.69, 9.17) is 5.84 Å². The molecule has 0 amide bonds. The van der Waals surface area contributed by atoms with Gasteiger partial charge in [0.15, 0.2) is 0 Å². The maximum Gasteiger partial charge on any atom is 0.0592 e. The Hall–Kier alpha value is 0.100. The number of thiophene rings is 1. The SMILES string of the molecule is CCCCC1CCC(C(NN)c2sccc2Br)CC1. The van der Waals surface area contributed by atoms with Crippen LogP contribution in [0.3, 0.4) is 0 Å². The predicted octanol–water partition coefficient (Wildman–Crippen LogP) is 5.01. The van der Waals surface area contributed by atoms with Crippen molar-refractivity contribution in [3.8, 4) is 0 Å². The van der Waals surface area contributed by atoms with Crippen LogP contribution in [0.5, 0.6) is 0 Å². The van der Waals surface area contributed by atoms with Gasteiger partial charge in [0, 0.05) is 9.35 Å². The molecule has 0 saturated heterocycles. The van der Waals surface area contributed by atoms with Gasteiger partial charge in [-0.25, -0.2) is 0 Å². The summed E-state index contributed by atoms with van der Waals surface area (Å²) in [5.74, 6) is 7.47. The lowest BCUT2D eigenvalue weighted by Gasteiger charge is -2.33. The summed E-state index contributed by atoms with van der Waals surface area (Å²) in [7, 11) is 0. The highest BCUT2D eigenvalue weighted by molar-refractivity contribution is 9.10. The lowest BCUT2D eigenvalue weighted by Crippen LogP contribution is -2.35. The molecule has 0 radical (unpaired) electrons. The molecule has 1 saturated carbocycles. The second kappa shape index (κ2) is 7.77. The number of nitrogens with two attached hydrogens (primary N) is 1. The van der Waals surface area contributed by atoms with E-state index in [2.05, 4.69) is 39.7 Å². The third kappa shape index (κ3) is 4.03. The van der Waals surface area contributed by atoms with Crippen LogP contribution in [-0.4, -0.2) is 0 Å². The van der Waals surface area contributed by atoms with Crippen molar-refractivity contribution in [3.05, 3.63) is 20.8 Å². The first-order valence-electron chi connectivity index (χ1n) is 7.45. The van der Waals surface area contributed by atoms with Crippen LogP contribution in [0.15, 0.2) is 15.9 Å². The van der Waals surface area contributed by atoms with E-state index in [0.717, 1.165) is 5.92 Å². The van der Waals surface area contributed by atoms with Crippen LogP contribution >= 0.6 is 27.3 Å². The molecule has 108 valence electrons. The topological polar surface area (TPSA) is 38.0 Å². The van der Waals surface area contributed by atoms with Gasteiger partial charge < -0.3 is 0 Å².